The summed E-state index contributed by atoms with van der Waals surface area (Å²) < 4.78 is 11.4. The molecule has 1 aliphatic heterocycles. The summed E-state index contributed by atoms with van der Waals surface area (Å²) in [4.78, 5) is 11.2. The Bertz CT molecular complexity index is 625. The largest absolute Gasteiger partial charge is 0.493 e. The maximum Gasteiger partial charge on any atom is 0.171 e. The molecule has 3 heterocycles. The molecule has 0 aliphatic carbocycles. The lowest BCUT2D eigenvalue weighted by atomic mass is 10.1. The SMILES string of the molecule is COc1ccc(C)nc1N1CCC(OCc2ccccn2)CC1. The molecule has 1 aliphatic rings. The number of nitrogens with zero attached hydrogens (tertiary/aromatic N) is 3. The number of hydrogen-bond donors (Lipinski definition) is 0. The van der Waals surface area contributed by atoms with Crippen LogP contribution >= 0.6 is 0 Å². The highest BCUT2D eigenvalue weighted by Crippen LogP contribution is 2.29. The minimum atomic E-state index is 0.282. The van der Waals surface area contributed by atoms with Crippen LogP contribution in [0.2, 0.25) is 0 Å². The first-order valence-corrected chi connectivity index (χ1v) is 8.04. The number of methoxy groups -OCH3 is 1. The summed E-state index contributed by atoms with van der Waals surface area (Å²) in [5, 5.41) is 0. The van der Waals surface area contributed by atoms with Gasteiger partial charge in [0.05, 0.1) is 25.5 Å². The quantitative estimate of drug-likeness (QED) is 0.849. The maximum atomic E-state index is 5.99. The standard InChI is InChI=1S/C18H23N3O2/c1-14-6-7-17(22-2)18(20-14)21-11-8-16(9-12-21)23-13-15-5-3-4-10-19-15/h3-7,10,16H,8-9,11-13H2,1-2H3. The first-order valence-electron chi connectivity index (χ1n) is 8.04. The molecule has 122 valence electrons. The Balaban J connectivity index is 1.55. The van der Waals surface area contributed by atoms with Gasteiger partial charge < -0.3 is 14.4 Å². The lowest BCUT2D eigenvalue weighted by Gasteiger charge is -2.33. The van der Waals surface area contributed by atoms with Gasteiger partial charge in [-0.2, -0.15) is 0 Å². The third-order valence-corrected chi connectivity index (χ3v) is 4.13. The molecule has 1 saturated heterocycles. The molecular formula is C18H23N3O2. The van der Waals surface area contributed by atoms with Crippen LogP contribution in [0, 0.1) is 6.92 Å². The van der Waals surface area contributed by atoms with Crippen LogP contribution < -0.4 is 9.64 Å². The van der Waals surface area contributed by atoms with Crippen molar-refractivity contribution in [3.63, 3.8) is 0 Å². The third kappa shape index (κ3) is 3.99. The van der Waals surface area contributed by atoms with Gasteiger partial charge in [0.15, 0.2) is 11.6 Å². The van der Waals surface area contributed by atoms with E-state index in [9.17, 15) is 0 Å². The van der Waals surface area contributed by atoms with E-state index in [4.69, 9.17) is 9.47 Å². The molecule has 2 aromatic rings. The van der Waals surface area contributed by atoms with Crippen molar-refractivity contribution in [3.8, 4) is 5.75 Å². The Labute approximate surface area is 137 Å². The fraction of sp³-hybridized carbons (Fsp3) is 0.444. The molecule has 1 fully saturated rings. The second-order valence-corrected chi connectivity index (χ2v) is 5.80. The molecule has 0 bridgehead atoms. The smallest absolute Gasteiger partial charge is 0.171 e. The van der Waals surface area contributed by atoms with Crippen molar-refractivity contribution < 1.29 is 9.47 Å². The second kappa shape index (κ2) is 7.42. The summed E-state index contributed by atoms with van der Waals surface area (Å²) in [6.45, 7) is 4.45. The third-order valence-electron chi connectivity index (χ3n) is 4.13. The van der Waals surface area contributed by atoms with Gasteiger partial charge >= 0.3 is 0 Å². The van der Waals surface area contributed by atoms with Gasteiger partial charge in [0.2, 0.25) is 0 Å². The Morgan fingerprint density at radius 3 is 2.70 bits per heavy atom. The fourth-order valence-corrected chi connectivity index (χ4v) is 2.84. The molecule has 0 saturated carbocycles. The number of ether oxygens (including phenoxy) is 2. The van der Waals surface area contributed by atoms with Crippen LogP contribution in [0.3, 0.4) is 0 Å². The topological polar surface area (TPSA) is 47.5 Å². The van der Waals surface area contributed by atoms with Crippen molar-refractivity contribution >= 4 is 5.82 Å². The summed E-state index contributed by atoms with van der Waals surface area (Å²) in [5.74, 6) is 1.78. The average Bonchev–Trinajstić information content (AvgIpc) is 2.61. The summed E-state index contributed by atoms with van der Waals surface area (Å²) >= 11 is 0. The van der Waals surface area contributed by atoms with E-state index in [0.29, 0.717) is 6.61 Å². The van der Waals surface area contributed by atoms with Crippen molar-refractivity contribution in [2.75, 3.05) is 25.1 Å². The molecule has 3 rings (SSSR count). The average molecular weight is 313 g/mol. The van der Waals surface area contributed by atoms with E-state index < -0.39 is 0 Å². The summed E-state index contributed by atoms with van der Waals surface area (Å²) in [6, 6.07) is 9.87. The van der Waals surface area contributed by atoms with Crippen LogP contribution in [-0.4, -0.2) is 36.3 Å². The van der Waals surface area contributed by atoms with Crippen molar-refractivity contribution in [2.45, 2.75) is 32.5 Å². The van der Waals surface area contributed by atoms with Crippen LogP contribution in [0.5, 0.6) is 5.75 Å². The van der Waals surface area contributed by atoms with Crippen LogP contribution in [0.1, 0.15) is 24.2 Å². The minimum Gasteiger partial charge on any atom is -0.493 e. The van der Waals surface area contributed by atoms with Gasteiger partial charge in [0.25, 0.3) is 0 Å². The summed E-state index contributed by atoms with van der Waals surface area (Å²) in [5.41, 5.74) is 1.99. The Morgan fingerprint density at radius 1 is 1.17 bits per heavy atom. The van der Waals surface area contributed by atoms with Gasteiger partial charge in [-0.1, -0.05) is 6.07 Å². The molecule has 2 aromatic heterocycles. The van der Waals surface area contributed by atoms with E-state index in [1.54, 1.807) is 13.3 Å². The zero-order chi connectivity index (χ0) is 16.1. The highest BCUT2D eigenvalue weighted by molar-refractivity contribution is 5.53. The minimum absolute atomic E-state index is 0.282. The normalized spacial score (nSPS) is 15.7. The van der Waals surface area contributed by atoms with E-state index in [1.807, 2.05) is 37.3 Å². The van der Waals surface area contributed by atoms with Gasteiger partial charge in [-0.25, -0.2) is 4.98 Å². The molecule has 0 unspecified atom stereocenters. The monoisotopic (exact) mass is 313 g/mol. The zero-order valence-electron chi connectivity index (χ0n) is 13.7. The Hall–Kier alpha value is -2.14. The second-order valence-electron chi connectivity index (χ2n) is 5.80. The molecule has 0 radical (unpaired) electrons. The number of rotatable bonds is 5. The van der Waals surface area contributed by atoms with Crippen molar-refractivity contribution in [2.24, 2.45) is 0 Å². The highest BCUT2D eigenvalue weighted by Gasteiger charge is 2.23. The van der Waals surface area contributed by atoms with Crippen molar-refractivity contribution in [3.05, 3.63) is 47.9 Å². The Kier molecular flexibility index (Phi) is 5.08. The molecular weight excluding hydrogens is 290 g/mol. The van der Waals surface area contributed by atoms with E-state index >= 15 is 0 Å². The van der Waals surface area contributed by atoms with E-state index in [2.05, 4.69) is 14.9 Å². The number of pyridine rings is 2. The first-order chi connectivity index (χ1) is 11.3. The predicted molar refractivity (Wildman–Crippen MR) is 89.8 cm³/mol. The summed E-state index contributed by atoms with van der Waals surface area (Å²) in [6.07, 6.45) is 4.07. The molecule has 0 N–H and O–H groups in total. The van der Waals surface area contributed by atoms with Crippen LogP contribution in [0.25, 0.3) is 0 Å². The van der Waals surface area contributed by atoms with Gasteiger partial charge in [0.1, 0.15) is 0 Å². The lowest BCUT2D eigenvalue weighted by molar-refractivity contribution is 0.0233. The molecule has 0 atom stereocenters. The molecule has 0 amide bonds. The van der Waals surface area contributed by atoms with Crippen molar-refractivity contribution in [1.82, 2.24) is 9.97 Å². The zero-order valence-corrected chi connectivity index (χ0v) is 13.7. The van der Waals surface area contributed by atoms with Gasteiger partial charge in [-0.05, 0) is 44.0 Å². The summed E-state index contributed by atoms with van der Waals surface area (Å²) in [7, 11) is 1.69. The first kappa shape index (κ1) is 15.7. The van der Waals surface area contributed by atoms with Crippen LogP contribution in [0.15, 0.2) is 36.5 Å². The molecule has 0 spiro atoms. The molecule has 5 nitrogen and oxygen atoms in total. The molecule has 5 heteroatoms. The Morgan fingerprint density at radius 2 is 2.00 bits per heavy atom. The van der Waals surface area contributed by atoms with E-state index in [-0.39, 0.29) is 6.10 Å². The van der Waals surface area contributed by atoms with Gasteiger partial charge in [-0.15, -0.1) is 0 Å². The predicted octanol–water partition coefficient (Wildman–Crippen LogP) is 2.98. The van der Waals surface area contributed by atoms with Crippen molar-refractivity contribution in [1.29, 1.82) is 0 Å². The number of piperidine rings is 1. The van der Waals surface area contributed by atoms with Crippen LogP contribution in [-0.2, 0) is 11.3 Å². The number of hydrogen-bond acceptors (Lipinski definition) is 5. The van der Waals surface area contributed by atoms with E-state index in [0.717, 1.165) is 48.9 Å². The van der Waals surface area contributed by atoms with Gasteiger partial charge in [-0.3, -0.25) is 4.98 Å². The van der Waals surface area contributed by atoms with Crippen LogP contribution in [0.4, 0.5) is 5.82 Å². The fourth-order valence-electron chi connectivity index (χ4n) is 2.84. The molecule has 0 aromatic carbocycles. The number of aryl methyl sites for hydroxylation is 1. The number of aromatic nitrogens is 2. The molecule has 23 heavy (non-hydrogen) atoms. The lowest BCUT2D eigenvalue weighted by Crippen LogP contribution is -2.37. The number of anilines is 1. The highest BCUT2D eigenvalue weighted by atomic mass is 16.5. The van der Waals surface area contributed by atoms with Gasteiger partial charge in [0, 0.05) is 25.0 Å². The van der Waals surface area contributed by atoms with E-state index in [1.165, 1.54) is 0 Å². The maximum absolute atomic E-state index is 5.99.